The molecule has 0 bridgehead atoms. The molecular weight excluding hydrogens is 439 g/mol. The first-order valence-electron chi connectivity index (χ1n) is 11.1. The predicted molar refractivity (Wildman–Crippen MR) is 125 cm³/mol. The predicted octanol–water partition coefficient (Wildman–Crippen LogP) is 2.72. The lowest BCUT2D eigenvalue weighted by Gasteiger charge is -2.26. The summed E-state index contributed by atoms with van der Waals surface area (Å²) in [5.41, 5.74) is 0.361. The molecule has 1 saturated heterocycles. The summed E-state index contributed by atoms with van der Waals surface area (Å²) in [6.45, 7) is 3.63. The molecule has 4 rings (SSSR count). The zero-order valence-corrected chi connectivity index (χ0v) is 19.1. The first kappa shape index (κ1) is 23.6. The Bertz CT molecular complexity index is 1220. The maximum Gasteiger partial charge on any atom is 0.255 e. The molecule has 3 aromatic heterocycles. The lowest BCUT2D eigenvalue weighted by molar-refractivity contribution is -0.00177. The first-order chi connectivity index (χ1) is 16.3. The van der Waals surface area contributed by atoms with Gasteiger partial charge in [0.05, 0.1) is 29.0 Å². The van der Waals surface area contributed by atoms with Crippen LogP contribution in [0.2, 0.25) is 0 Å². The topological polar surface area (TPSA) is 125 Å². The number of nitrogens with zero attached hydrogens (tertiary/aromatic N) is 4. The number of fused-ring (bicyclic) bond motifs is 1. The summed E-state index contributed by atoms with van der Waals surface area (Å²) in [6.07, 6.45) is 4.70. The highest BCUT2D eigenvalue weighted by Crippen LogP contribution is 2.25. The number of amides is 1. The van der Waals surface area contributed by atoms with Gasteiger partial charge in [0.2, 0.25) is 0 Å². The zero-order chi connectivity index (χ0) is 24.3. The lowest BCUT2D eigenvalue weighted by Crippen LogP contribution is -2.42. The second-order valence-corrected chi connectivity index (χ2v) is 8.88. The number of anilines is 1. The fourth-order valence-electron chi connectivity index (χ4n) is 3.74. The van der Waals surface area contributed by atoms with Crippen LogP contribution < -0.4 is 10.6 Å². The summed E-state index contributed by atoms with van der Waals surface area (Å²) in [5.74, 6) is 0.0489. The van der Waals surface area contributed by atoms with E-state index in [0.717, 1.165) is 18.2 Å². The molecule has 9 nitrogen and oxygen atoms in total. The molecule has 1 atom stereocenters. The van der Waals surface area contributed by atoms with Gasteiger partial charge in [0.15, 0.2) is 0 Å². The van der Waals surface area contributed by atoms with Crippen molar-refractivity contribution in [3.05, 3.63) is 47.9 Å². The molecule has 0 aromatic carbocycles. The van der Waals surface area contributed by atoms with E-state index in [-0.39, 0.29) is 18.2 Å². The van der Waals surface area contributed by atoms with Crippen molar-refractivity contribution in [3.8, 4) is 11.9 Å². The highest BCUT2D eigenvalue weighted by molar-refractivity contribution is 5.99. The normalized spacial score (nSPS) is 15.6. The van der Waals surface area contributed by atoms with Gasteiger partial charge in [-0.2, -0.15) is 5.26 Å². The van der Waals surface area contributed by atoms with Gasteiger partial charge in [-0.1, -0.05) is 0 Å². The van der Waals surface area contributed by atoms with E-state index in [1.165, 1.54) is 26.2 Å². The van der Waals surface area contributed by atoms with Crippen molar-refractivity contribution in [2.45, 2.75) is 44.5 Å². The average Bonchev–Trinajstić information content (AvgIpc) is 3.25. The van der Waals surface area contributed by atoms with Gasteiger partial charge in [-0.3, -0.25) is 9.36 Å². The second-order valence-electron chi connectivity index (χ2n) is 8.88. The first-order valence-corrected chi connectivity index (χ1v) is 11.1. The number of hydrogen-bond donors (Lipinski definition) is 3. The van der Waals surface area contributed by atoms with Crippen LogP contribution >= 0.6 is 0 Å². The van der Waals surface area contributed by atoms with Crippen molar-refractivity contribution >= 4 is 22.6 Å². The molecule has 1 aliphatic heterocycles. The van der Waals surface area contributed by atoms with E-state index in [2.05, 4.69) is 26.7 Å². The molecule has 0 saturated carbocycles. The third-order valence-electron chi connectivity index (χ3n) is 5.83. The van der Waals surface area contributed by atoms with Gasteiger partial charge < -0.3 is 20.5 Å². The van der Waals surface area contributed by atoms with Gasteiger partial charge in [0.25, 0.3) is 5.91 Å². The molecule has 1 fully saturated rings. The molecule has 10 heteroatoms. The molecule has 1 unspecified atom stereocenters. The van der Waals surface area contributed by atoms with E-state index in [4.69, 9.17) is 10.00 Å². The fraction of sp³-hybridized carbons (Fsp3) is 0.417. The highest BCUT2D eigenvalue weighted by Gasteiger charge is 2.27. The third kappa shape index (κ3) is 5.16. The van der Waals surface area contributed by atoms with Crippen LogP contribution in [0, 0.1) is 11.3 Å². The molecule has 178 valence electrons. The number of alkyl halides is 1. The number of ether oxygens (including phenoxy) is 1. The van der Waals surface area contributed by atoms with Crippen molar-refractivity contribution in [3.63, 3.8) is 0 Å². The van der Waals surface area contributed by atoms with Crippen molar-refractivity contribution in [1.82, 2.24) is 19.9 Å². The monoisotopic (exact) mass is 466 g/mol. The van der Waals surface area contributed by atoms with Crippen LogP contribution in [-0.4, -0.2) is 63.1 Å². The van der Waals surface area contributed by atoms with Gasteiger partial charge in [-0.05, 0) is 38.8 Å². The maximum absolute atomic E-state index is 14.2. The van der Waals surface area contributed by atoms with Crippen molar-refractivity contribution in [2.75, 3.05) is 25.1 Å². The molecule has 0 radical (unpaired) electrons. The molecule has 34 heavy (non-hydrogen) atoms. The number of carbonyl (C=O) groups excluding carboxylic acids is 1. The van der Waals surface area contributed by atoms with Gasteiger partial charge in [0.1, 0.15) is 23.7 Å². The SMILES string of the molecule is CC(C)(O)C(F)CNC(=O)c1cnc(-n2ccc3cc(C#N)cnc32)cc1NC1CCOCC1. The zero-order valence-electron chi connectivity index (χ0n) is 19.1. The van der Waals surface area contributed by atoms with Gasteiger partial charge >= 0.3 is 0 Å². The van der Waals surface area contributed by atoms with E-state index >= 15 is 0 Å². The van der Waals surface area contributed by atoms with Crippen LogP contribution in [-0.2, 0) is 4.74 Å². The third-order valence-corrected chi connectivity index (χ3v) is 5.83. The average molecular weight is 467 g/mol. The Hall–Kier alpha value is -3.55. The van der Waals surface area contributed by atoms with Gasteiger partial charge in [-0.25, -0.2) is 14.4 Å². The second kappa shape index (κ2) is 9.75. The van der Waals surface area contributed by atoms with Crippen LogP contribution in [0.1, 0.15) is 42.6 Å². The smallest absolute Gasteiger partial charge is 0.255 e. The number of halogens is 1. The summed E-state index contributed by atoms with van der Waals surface area (Å²) in [4.78, 5) is 21.7. The molecule has 0 aliphatic carbocycles. The van der Waals surface area contributed by atoms with Gasteiger partial charge in [-0.15, -0.1) is 0 Å². The van der Waals surface area contributed by atoms with Crippen molar-refractivity contribution in [2.24, 2.45) is 0 Å². The van der Waals surface area contributed by atoms with Crippen LogP contribution in [0.3, 0.4) is 0 Å². The molecule has 3 N–H and O–H groups in total. The summed E-state index contributed by atoms with van der Waals surface area (Å²) in [6, 6.07) is 7.53. The van der Waals surface area contributed by atoms with E-state index in [1.807, 2.05) is 6.07 Å². The van der Waals surface area contributed by atoms with E-state index < -0.39 is 17.7 Å². The molecule has 1 aliphatic rings. The molecule has 0 spiro atoms. The number of pyridine rings is 2. The van der Waals surface area contributed by atoms with Crippen molar-refractivity contribution in [1.29, 1.82) is 5.26 Å². The number of nitriles is 1. The Morgan fingerprint density at radius 3 is 2.82 bits per heavy atom. The summed E-state index contributed by atoms with van der Waals surface area (Å²) < 4.78 is 21.4. The minimum atomic E-state index is -1.62. The Kier molecular flexibility index (Phi) is 6.77. The number of rotatable bonds is 7. The van der Waals surface area contributed by atoms with E-state index in [9.17, 15) is 14.3 Å². The standard InChI is InChI=1S/C24H27FN6O3/c1-24(2,33)20(25)14-29-23(32)18-13-27-21(10-19(18)30-17-4-7-34-8-5-17)31-6-3-16-9-15(11-26)12-28-22(16)31/h3,6,9-10,12-13,17,20,33H,4-5,7-8,14H2,1-2H3,(H,27,30)(H,29,32). The Labute approximate surface area is 196 Å². The van der Waals surface area contributed by atoms with Crippen molar-refractivity contribution < 1.29 is 19.0 Å². The van der Waals surface area contributed by atoms with Crippen LogP contribution in [0.25, 0.3) is 16.9 Å². The number of aromatic nitrogens is 3. The molecule has 1 amide bonds. The number of hydrogen-bond acceptors (Lipinski definition) is 7. The quantitative estimate of drug-likeness (QED) is 0.489. The molecule has 4 heterocycles. The summed E-state index contributed by atoms with van der Waals surface area (Å²) >= 11 is 0. The molecule has 3 aromatic rings. The largest absolute Gasteiger partial charge is 0.387 e. The summed E-state index contributed by atoms with van der Waals surface area (Å²) in [5, 5.41) is 25.7. The summed E-state index contributed by atoms with van der Waals surface area (Å²) in [7, 11) is 0. The molecular formula is C24H27FN6O3. The number of aliphatic hydroxyl groups is 1. The maximum atomic E-state index is 14.2. The number of nitrogens with one attached hydrogen (secondary N) is 2. The van der Waals surface area contributed by atoms with Gasteiger partial charge in [0, 0.05) is 49.3 Å². The Morgan fingerprint density at radius 2 is 2.12 bits per heavy atom. The minimum absolute atomic E-state index is 0.110. The Morgan fingerprint density at radius 1 is 1.35 bits per heavy atom. The van der Waals surface area contributed by atoms with Crippen LogP contribution in [0.15, 0.2) is 36.8 Å². The van der Waals surface area contributed by atoms with E-state index in [1.54, 1.807) is 22.9 Å². The van der Waals surface area contributed by atoms with Crippen LogP contribution in [0.5, 0.6) is 0 Å². The fourth-order valence-corrected chi connectivity index (χ4v) is 3.74. The van der Waals surface area contributed by atoms with Crippen LogP contribution in [0.4, 0.5) is 10.1 Å². The minimum Gasteiger partial charge on any atom is -0.387 e. The lowest BCUT2D eigenvalue weighted by atomic mass is 10.0. The Balaban J connectivity index is 1.65. The van der Waals surface area contributed by atoms with E-state index in [0.29, 0.717) is 35.9 Å². The number of carbonyl (C=O) groups is 1. The highest BCUT2D eigenvalue weighted by atomic mass is 19.1.